The lowest BCUT2D eigenvalue weighted by Crippen LogP contribution is -2.41. The van der Waals surface area contributed by atoms with Crippen LogP contribution in [0.1, 0.15) is 36.8 Å². The number of imidazole rings is 1. The van der Waals surface area contributed by atoms with Gasteiger partial charge in [-0.1, -0.05) is 0 Å². The highest BCUT2D eigenvalue weighted by Gasteiger charge is 2.40. The predicted molar refractivity (Wildman–Crippen MR) is 117 cm³/mol. The Bertz CT molecular complexity index is 1610. The maximum Gasteiger partial charge on any atom is 0.416 e. The molecule has 0 atom stereocenters. The third kappa shape index (κ3) is 4.51. The van der Waals surface area contributed by atoms with Gasteiger partial charge in [-0.3, -0.25) is 13.9 Å². The number of hydrogen-bond donors (Lipinski definition) is 1. The highest BCUT2D eigenvalue weighted by molar-refractivity contribution is 7.90. The van der Waals surface area contributed by atoms with Gasteiger partial charge in [0.05, 0.1) is 16.0 Å². The molecule has 0 unspecified atom stereocenters. The zero-order valence-electron chi connectivity index (χ0n) is 18.8. The summed E-state index contributed by atoms with van der Waals surface area (Å²) in [6.07, 6.45) is -7.61. The minimum Gasteiger partial charge on any atom is -0.368 e. The maximum atomic E-state index is 13.5. The fourth-order valence-electron chi connectivity index (χ4n) is 4.10. The highest BCUT2D eigenvalue weighted by Crippen LogP contribution is 2.38. The lowest BCUT2D eigenvalue weighted by Gasteiger charge is -2.16. The molecule has 0 amide bonds. The Hall–Kier alpha value is -3.30. The van der Waals surface area contributed by atoms with Gasteiger partial charge in [0, 0.05) is 13.1 Å². The fourth-order valence-corrected chi connectivity index (χ4v) is 5.55. The van der Waals surface area contributed by atoms with E-state index in [0.717, 1.165) is 34.8 Å². The van der Waals surface area contributed by atoms with Crippen LogP contribution >= 0.6 is 0 Å². The van der Waals surface area contributed by atoms with Crippen LogP contribution in [0.5, 0.6) is 0 Å². The molecule has 2 aliphatic rings. The number of nitrogen functional groups attached to an aromatic ring is 1. The lowest BCUT2D eigenvalue weighted by molar-refractivity contribution is -0.143. The van der Waals surface area contributed by atoms with Crippen molar-refractivity contribution in [2.75, 3.05) is 5.73 Å². The molecule has 9 nitrogen and oxygen atoms in total. The van der Waals surface area contributed by atoms with Crippen LogP contribution in [0.25, 0.3) is 11.2 Å². The van der Waals surface area contributed by atoms with Gasteiger partial charge < -0.3 is 5.73 Å². The van der Waals surface area contributed by atoms with E-state index in [1.54, 1.807) is 0 Å². The van der Waals surface area contributed by atoms with Crippen LogP contribution in [0, 0.1) is 11.8 Å². The number of nitrogens with two attached hydrogens (primary N) is 1. The molecule has 1 aromatic carbocycles. The molecule has 0 bridgehead atoms. The SMILES string of the molecule is Nc1nc2c(c(=O)n(CC3CC3)c(=O)n2CC2CC2)n1S(=O)(=O)c1cc(C(F)(F)F)cc(C(F)(F)F)c1. The van der Waals surface area contributed by atoms with Crippen LogP contribution in [0.2, 0.25) is 0 Å². The third-order valence-corrected chi connectivity index (χ3v) is 8.07. The van der Waals surface area contributed by atoms with Gasteiger partial charge in [0.1, 0.15) is 0 Å². The number of alkyl halides is 6. The highest BCUT2D eigenvalue weighted by atomic mass is 32.2. The minimum atomic E-state index is -5.31. The van der Waals surface area contributed by atoms with Gasteiger partial charge in [0.25, 0.3) is 15.6 Å². The molecule has 0 radical (unpaired) electrons. The van der Waals surface area contributed by atoms with Crippen LogP contribution in [0.4, 0.5) is 32.3 Å². The number of nitrogens with zero attached hydrogens (tertiary/aromatic N) is 4. The van der Waals surface area contributed by atoms with Crippen molar-refractivity contribution in [1.29, 1.82) is 0 Å². The number of rotatable bonds is 6. The van der Waals surface area contributed by atoms with Crippen molar-refractivity contribution < 1.29 is 34.8 Å². The molecule has 2 aliphatic carbocycles. The number of fused-ring (bicyclic) bond motifs is 1. The first-order chi connectivity index (χ1) is 17.1. The average Bonchev–Trinajstić information content (AvgIpc) is 3.72. The van der Waals surface area contributed by atoms with Gasteiger partial charge in [-0.05, 0) is 55.7 Å². The van der Waals surface area contributed by atoms with E-state index in [4.69, 9.17) is 5.73 Å². The normalized spacial score (nSPS) is 17.0. The topological polar surface area (TPSA) is 122 Å². The summed E-state index contributed by atoms with van der Waals surface area (Å²) in [5.74, 6) is -0.819. The van der Waals surface area contributed by atoms with Crippen LogP contribution in [-0.4, -0.2) is 26.5 Å². The lowest BCUT2D eigenvalue weighted by atomic mass is 10.1. The van der Waals surface area contributed by atoms with Crippen molar-refractivity contribution in [2.45, 2.75) is 56.0 Å². The first kappa shape index (κ1) is 25.4. The molecule has 0 spiro atoms. The molecule has 3 aromatic rings. The number of hydrogen-bond acceptors (Lipinski definition) is 6. The number of benzene rings is 1. The van der Waals surface area contributed by atoms with E-state index in [9.17, 15) is 44.3 Å². The van der Waals surface area contributed by atoms with Crippen LogP contribution < -0.4 is 17.0 Å². The Balaban J connectivity index is 1.80. The Morgan fingerprint density at radius 3 is 1.81 bits per heavy atom. The van der Waals surface area contributed by atoms with Crippen LogP contribution in [0.3, 0.4) is 0 Å². The summed E-state index contributed by atoms with van der Waals surface area (Å²) in [5.41, 5.74) is -0.898. The molecule has 2 fully saturated rings. The van der Waals surface area contributed by atoms with Gasteiger partial charge in [-0.2, -0.15) is 35.3 Å². The monoisotopic (exact) mass is 551 g/mol. The van der Waals surface area contributed by atoms with Crippen molar-refractivity contribution in [2.24, 2.45) is 11.8 Å². The van der Waals surface area contributed by atoms with Crippen molar-refractivity contribution in [3.8, 4) is 0 Å². The van der Waals surface area contributed by atoms with Crippen molar-refractivity contribution in [3.63, 3.8) is 0 Å². The third-order valence-electron chi connectivity index (χ3n) is 6.38. The maximum absolute atomic E-state index is 13.5. The molecule has 2 saturated carbocycles. The molecule has 2 heterocycles. The Morgan fingerprint density at radius 2 is 1.35 bits per heavy atom. The standard InChI is InChI=1S/C21H19F6N5O4S/c22-20(23,24)12-5-13(21(25,26)27)7-14(6-12)37(35,36)32-15-16(29-18(32)28)30(8-10-1-2-10)19(34)31(17(15)33)9-11-3-4-11/h5-7,10-11H,1-4,8-9H2,(H2,28,29). The number of halogens is 6. The van der Waals surface area contributed by atoms with E-state index in [-0.39, 0.29) is 47.1 Å². The number of anilines is 1. The molecule has 37 heavy (non-hydrogen) atoms. The molecule has 2 N–H and O–H groups in total. The predicted octanol–water partition coefficient (Wildman–Crippen LogP) is 3.04. The molecule has 200 valence electrons. The largest absolute Gasteiger partial charge is 0.416 e. The van der Waals surface area contributed by atoms with Gasteiger partial charge in [-0.25, -0.2) is 13.2 Å². The fraction of sp³-hybridized carbons (Fsp3) is 0.476. The van der Waals surface area contributed by atoms with E-state index >= 15 is 0 Å². The quantitative estimate of drug-likeness (QED) is 0.470. The molecule has 2 aromatic heterocycles. The van der Waals surface area contributed by atoms with E-state index in [0.29, 0.717) is 0 Å². The smallest absolute Gasteiger partial charge is 0.368 e. The van der Waals surface area contributed by atoms with Crippen molar-refractivity contribution in [1.82, 2.24) is 18.1 Å². The van der Waals surface area contributed by atoms with E-state index in [2.05, 4.69) is 4.98 Å². The molecular formula is C21H19F6N5O4S. The summed E-state index contributed by atoms with van der Waals surface area (Å²) in [7, 11) is -5.31. The Labute approximate surface area is 204 Å². The van der Waals surface area contributed by atoms with Crippen LogP contribution in [0.15, 0.2) is 32.7 Å². The van der Waals surface area contributed by atoms with Gasteiger partial charge in [-0.15, -0.1) is 0 Å². The van der Waals surface area contributed by atoms with Gasteiger partial charge in [0.2, 0.25) is 5.95 Å². The molecular weight excluding hydrogens is 532 g/mol. The second-order valence-corrected chi connectivity index (χ2v) is 11.1. The number of aromatic nitrogens is 4. The van der Waals surface area contributed by atoms with Crippen molar-refractivity contribution >= 4 is 27.1 Å². The molecule has 0 saturated heterocycles. The summed E-state index contributed by atoms with van der Waals surface area (Å²) < 4.78 is 109. The van der Waals surface area contributed by atoms with Crippen LogP contribution in [-0.2, 0) is 35.5 Å². The summed E-state index contributed by atoms with van der Waals surface area (Å²) in [6.45, 7) is 0.0732. The summed E-state index contributed by atoms with van der Waals surface area (Å²) >= 11 is 0. The van der Waals surface area contributed by atoms with Gasteiger partial charge in [0.15, 0.2) is 11.2 Å². The van der Waals surface area contributed by atoms with Crippen molar-refractivity contribution in [3.05, 3.63) is 50.2 Å². The second kappa shape index (κ2) is 8.10. The summed E-state index contributed by atoms with van der Waals surface area (Å²) in [5, 5.41) is 0. The van der Waals surface area contributed by atoms with Gasteiger partial charge >= 0.3 is 18.0 Å². The zero-order valence-corrected chi connectivity index (χ0v) is 19.6. The molecule has 0 aliphatic heterocycles. The van der Waals surface area contributed by atoms with E-state index in [1.807, 2.05) is 0 Å². The van der Waals surface area contributed by atoms with E-state index < -0.39 is 66.8 Å². The van der Waals surface area contributed by atoms with E-state index in [1.165, 1.54) is 0 Å². The Kier molecular flexibility index (Phi) is 5.55. The second-order valence-electron chi connectivity index (χ2n) is 9.35. The molecule has 16 heteroatoms. The summed E-state index contributed by atoms with van der Waals surface area (Å²) in [6, 6.07) is -0.165. The first-order valence-electron chi connectivity index (χ1n) is 11.2. The Morgan fingerprint density at radius 1 is 0.865 bits per heavy atom. The molecule has 5 rings (SSSR count). The minimum absolute atomic E-state index is 0.000335. The average molecular weight is 551 g/mol. The zero-order chi connectivity index (χ0) is 27.1. The summed E-state index contributed by atoms with van der Waals surface area (Å²) in [4.78, 5) is 28.9. The first-order valence-corrected chi connectivity index (χ1v) is 12.6.